The molecule has 0 spiro atoms. The SMILES string of the molecule is CC1CCCCC1Nc1cccc(Cl)c1C(=O)O. The number of carboxylic acids is 1. The average Bonchev–Trinajstić information content (AvgIpc) is 2.31. The summed E-state index contributed by atoms with van der Waals surface area (Å²) in [5.41, 5.74) is 0.811. The van der Waals surface area contributed by atoms with Crippen molar-refractivity contribution >= 4 is 23.3 Å². The van der Waals surface area contributed by atoms with Crippen molar-refractivity contribution in [2.24, 2.45) is 5.92 Å². The van der Waals surface area contributed by atoms with Gasteiger partial charge in [-0.2, -0.15) is 0 Å². The molecule has 1 aliphatic carbocycles. The second-order valence-electron chi connectivity index (χ2n) is 4.98. The Morgan fingerprint density at radius 2 is 2.11 bits per heavy atom. The molecule has 0 heterocycles. The molecule has 18 heavy (non-hydrogen) atoms. The lowest BCUT2D eigenvalue weighted by Crippen LogP contribution is -2.31. The highest BCUT2D eigenvalue weighted by molar-refractivity contribution is 6.34. The van der Waals surface area contributed by atoms with Crippen molar-refractivity contribution < 1.29 is 9.90 Å². The number of carbonyl (C=O) groups is 1. The van der Waals surface area contributed by atoms with E-state index < -0.39 is 5.97 Å². The molecular weight excluding hydrogens is 250 g/mol. The minimum absolute atomic E-state index is 0.178. The van der Waals surface area contributed by atoms with Crippen molar-refractivity contribution in [3.8, 4) is 0 Å². The summed E-state index contributed by atoms with van der Waals surface area (Å²) in [7, 11) is 0. The second-order valence-corrected chi connectivity index (χ2v) is 5.39. The van der Waals surface area contributed by atoms with Crippen LogP contribution in [-0.2, 0) is 0 Å². The van der Waals surface area contributed by atoms with Crippen molar-refractivity contribution in [2.45, 2.75) is 38.6 Å². The third-order valence-electron chi connectivity index (χ3n) is 3.68. The summed E-state index contributed by atoms with van der Waals surface area (Å²) in [5, 5.41) is 12.9. The topological polar surface area (TPSA) is 49.3 Å². The van der Waals surface area contributed by atoms with Crippen molar-refractivity contribution in [2.75, 3.05) is 5.32 Å². The highest BCUT2D eigenvalue weighted by atomic mass is 35.5. The summed E-state index contributed by atoms with van der Waals surface area (Å²) < 4.78 is 0. The number of anilines is 1. The Labute approximate surface area is 112 Å². The van der Waals surface area contributed by atoms with Gasteiger partial charge in [0.2, 0.25) is 0 Å². The van der Waals surface area contributed by atoms with Gasteiger partial charge in [-0.05, 0) is 30.9 Å². The van der Waals surface area contributed by atoms with Crippen molar-refractivity contribution in [3.63, 3.8) is 0 Å². The third kappa shape index (κ3) is 2.78. The predicted molar refractivity (Wildman–Crippen MR) is 73.5 cm³/mol. The fourth-order valence-corrected chi connectivity index (χ4v) is 2.85. The molecule has 2 unspecified atom stereocenters. The van der Waals surface area contributed by atoms with Crippen LogP contribution in [0.25, 0.3) is 0 Å². The molecule has 2 N–H and O–H groups in total. The van der Waals surface area contributed by atoms with Crippen molar-refractivity contribution in [1.82, 2.24) is 0 Å². The van der Waals surface area contributed by atoms with E-state index in [1.54, 1.807) is 18.2 Å². The van der Waals surface area contributed by atoms with E-state index in [-0.39, 0.29) is 10.6 Å². The summed E-state index contributed by atoms with van der Waals surface area (Å²) >= 11 is 5.96. The van der Waals surface area contributed by atoms with Gasteiger partial charge in [-0.3, -0.25) is 0 Å². The van der Waals surface area contributed by atoms with Gasteiger partial charge in [-0.25, -0.2) is 4.79 Å². The van der Waals surface area contributed by atoms with Crippen LogP contribution >= 0.6 is 11.6 Å². The minimum atomic E-state index is -0.980. The van der Waals surface area contributed by atoms with Crippen LogP contribution in [0.2, 0.25) is 5.02 Å². The Kier molecular flexibility index (Phi) is 4.12. The number of hydrogen-bond donors (Lipinski definition) is 2. The summed E-state index contributed by atoms with van der Waals surface area (Å²) in [6.07, 6.45) is 4.75. The maximum atomic E-state index is 11.2. The quantitative estimate of drug-likeness (QED) is 0.869. The summed E-state index contributed by atoms with van der Waals surface area (Å²) in [6, 6.07) is 5.53. The zero-order chi connectivity index (χ0) is 13.1. The van der Waals surface area contributed by atoms with Gasteiger partial charge in [0.25, 0.3) is 0 Å². The number of halogens is 1. The zero-order valence-electron chi connectivity index (χ0n) is 10.4. The summed E-state index contributed by atoms with van der Waals surface area (Å²) in [4.78, 5) is 11.2. The van der Waals surface area contributed by atoms with Gasteiger partial charge < -0.3 is 10.4 Å². The molecule has 1 aliphatic rings. The van der Waals surface area contributed by atoms with Gasteiger partial charge in [0, 0.05) is 6.04 Å². The van der Waals surface area contributed by atoms with E-state index in [1.807, 2.05) is 0 Å². The molecule has 1 fully saturated rings. The van der Waals surface area contributed by atoms with E-state index >= 15 is 0 Å². The molecule has 0 aromatic heterocycles. The smallest absolute Gasteiger partial charge is 0.339 e. The van der Waals surface area contributed by atoms with Crippen molar-refractivity contribution in [1.29, 1.82) is 0 Å². The first-order chi connectivity index (χ1) is 8.59. The van der Waals surface area contributed by atoms with Crippen LogP contribution in [0, 0.1) is 5.92 Å². The summed E-state index contributed by atoms with van der Waals surface area (Å²) in [5.74, 6) is -0.411. The van der Waals surface area contributed by atoms with E-state index in [2.05, 4.69) is 12.2 Å². The Morgan fingerprint density at radius 3 is 2.78 bits per heavy atom. The second kappa shape index (κ2) is 5.61. The lowest BCUT2D eigenvalue weighted by atomic mass is 9.85. The Morgan fingerprint density at radius 1 is 1.39 bits per heavy atom. The van der Waals surface area contributed by atoms with Crippen LogP contribution in [0.3, 0.4) is 0 Å². The maximum Gasteiger partial charge on any atom is 0.339 e. The Hall–Kier alpha value is -1.22. The molecule has 2 rings (SSSR count). The maximum absolute atomic E-state index is 11.2. The fourth-order valence-electron chi connectivity index (χ4n) is 2.59. The normalized spacial score (nSPS) is 23.7. The lowest BCUT2D eigenvalue weighted by molar-refractivity contribution is 0.0698. The molecule has 1 aromatic carbocycles. The monoisotopic (exact) mass is 267 g/mol. The first-order valence-electron chi connectivity index (χ1n) is 6.38. The van der Waals surface area contributed by atoms with Crippen LogP contribution in [0.15, 0.2) is 18.2 Å². The first kappa shape index (κ1) is 13.2. The highest BCUT2D eigenvalue weighted by Gasteiger charge is 2.23. The van der Waals surface area contributed by atoms with Gasteiger partial charge >= 0.3 is 5.97 Å². The number of carboxylic acid groups (broad SMARTS) is 1. The Bertz CT molecular complexity index is 447. The highest BCUT2D eigenvalue weighted by Crippen LogP contribution is 2.30. The fraction of sp³-hybridized carbons (Fsp3) is 0.500. The zero-order valence-corrected chi connectivity index (χ0v) is 11.2. The third-order valence-corrected chi connectivity index (χ3v) is 3.99. The van der Waals surface area contributed by atoms with E-state index in [4.69, 9.17) is 11.6 Å². The van der Waals surface area contributed by atoms with Crippen LogP contribution < -0.4 is 5.32 Å². The number of rotatable bonds is 3. The van der Waals surface area contributed by atoms with Crippen LogP contribution in [0.5, 0.6) is 0 Å². The van der Waals surface area contributed by atoms with E-state index in [9.17, 15) is 9.90 Å². The minimum Gasteiger partial charge on any atom is -0.478 e. The number of nitrogens with one attached hydrogen (secondary N) is 1. The first-order valence-corrected chi connectivity index (χ1v) is 6.75. The number of hydrogen-bond acceptors (Lipinski definition) is 2. The molecule has 1 aromatic rings. The number of benzene rings is 1. The van der Waals surface area contributed by atoms with Gasteiger partial charge in [0.1, 0.15) is 5.56 Å². The molecule has 0 bridgehead atoms. The molecule has 98 valence electrons. The largest absolute Gasteiger partial charge is 0.478 e. The van der Waals surface area contributed by atoms with E-state index in [0.717, 1.165) is 6.42 Å². The Balaban J connectivity index is 2.23. The van der Waals surface area contributed by atoms with Gasteiger partial charge in [-0.1, -0.05) is 37.4 Å². The average molecular weight is 268 g/mol. The lowest BCUT2D eigenvalue weighted by Gasteiger charge is -2.30. The molecule has 0 aliphatic heterocycles. The molecule has 0 amide bonds. The van der Waals surface area contributed by atoms with Crippen molar-refractivity contribution in [3.05, 3.63) is 28.8 Å². The molecule has 2 atom stereocenters. The standard InChI is InChI=1S/C14H18ClNO2/c1-9-5-2-3-7-11(9)16-12-8-4-6-10(15)13(12)14(17)18/h4,6,8-9,11,16H,2-3,5,7H2,1H3,(H,17,18). The van der Waals surface area contributed by atoms with Crippen LogP contribution in [-0.4, -0.2) is 17.1 Å². The van der Waals surface area contributed by atoms with E-state index in [0.29, 0.717) is 17.6 Å². The number of aromatic carboxylic acids is 1. The molecular formula is C14H18ClNO2. The van der Waals surface area contributed by atoms with Gasteiger partial charge in [0.15, 0.2) is 0 Å². The molecule has 4 heteroatoms. The molecule has 3 nitrogen and oxygen atoms in total. The van der Waals surface area contributed by atoms with Crippen LogP contribution in [0.4, 0.5) is 5.69 Å². The summed E-state index contributed by atoms with van der Waals surface area (Å²) in [6.45, 7) is 2.21. The van der Waals surface area contributed by atoms with Crippen LogP contribution in [0.1, 0.15) is 43.0 Å². The molecule has 0 saturated heterocycles. The van der Waals surface area contributed by atoms with Gasteiger partial charge in [-0.15, -0.1) is 0 Å². The van der Waals surface area contributed by atoms with Gasteiger partial charge in [0.05, 0.1) is 10.7 Å². The predicted octanol–water partition coefficient (Wildman–Crippen LogP) is 4.03. The molecule has 1 saturated carbocycles. The molecule has 0 radical (unpaired) electrons. The van der Waals surface area contributed by atoms with E-state index in [1.165, 1.54) is 19.3 Å².